The molecule has 1 amide bonds. The molecule has 0 rings (SSSR count). The minimum absolute atomic E-state index is 0.150. The normalized spacial score (nSPS) is 11.9. The van der Waals surface area contributed by atoms with Gasteiger partial charge in [-0.25, -0.2) is 5.06 Å². The molecule has 0 N–H and O–H groups in total. The van der Waals surface area contributed by atoms with Gasteiger partial charge in [0.2, 0.25) is 0 Å². The van der Waals surface area contributed by atoms with Crippen molar-refractivity contribution in [2.75, 3.05) is 26.9 Å². The van der Waals surface area contributed by atoms with Gasteiger partial charge in [0.1, 0.15) is 0 Å². The lowest BCUT2D eigenvalue weighted by molar-refractivity contribution is -0.223. The molecule has 0 aliphatic rings. The lowest BCUT2D eigenvalue weighted by Crippen LogP contribution is -2.41. The van der Waals surface area contributed by atoms with Gasteiger partial charge >= 0.3 is 21.4 Å². The average molecular weight is 302 g/mol. The Bertz CT molecular complexity index is 260. The lowest BCUT2D eigenvalue weighted by Gasteiger charge is -2.21. The number of carbonyl (C=O) groups is 1. The van der Waals surface area contributed by atoms with Crippen LogP contribution in [0.5, 0.6) is 0 Å². The molecule has 9 heteroatoms. The van der Waals surface area contributed by atoms with Crippen LogP contribution < -0.4 is 0 Å². The Morgan fingerprint density at radius 2 is 1.74 bits per heavy atom. The number of hydroxylamine groups is 2. The molecule has 0 heterocycles. The van der Waals surface area contributed by atoms with E-state index in [0.29, 0.717) is 30.7 Å². The van der Waals surface area contributed by atoms with Crippen LogP contribution in [0.2, 0.25) is 6.04 Å². The molecule has 0 aromatic rings. The van der Waals surface area contributed by atoms with Crippen LogP contribution in [0.1, 0.15) is 20.3 Å². The molecule has 0 saturated carbocycles. The van der Waals surface area contributed by atoms with E-state index in [2.05, 4.69) is 4.84 Å². The predicted octanol–water partition coefficient (Wildman–Crippen LogP) is 1.89. The number of carbonyl (C=O) groups excluding carboxylic acids is 1. The number of hydrogen-bond donors (Lipinski definition) is 0. The maximum atomic E-state index is 12.2. The Hall–Kier alpha value is -0.643. The van der Waals surface area contributed by atoms with Gasteiger partial charge in [0, 0.05) is 19.8 Å². The van der Waals surface area contributed by atoms with E-state index in [1.165, 1.54) is 0 Å². The molecular formula is C10H19F3NO4Si. The summed E-state index contributed by atoms with van der Waals surface area (Å²) in [5.74, 6) is -2.00. The molecule has 0 fully saturated rings. The molecule has 19 heavy (non-hydrogen) atoms. The predicted molar refractivity (Wildman–Crippen MR) is 63.2 cm³/mol. The van der Waals surface area contributed by atoms with Crippen LogP contribution >= 0.6 is 0 Å². The number of nitrogens with zero attached hydrogens (tertiary/aromatic N) is 1. The molecule has 0 unspecified atom stereocenters. The zero-order chi connectivity index (χ0) is 14.9. The van der Waals surface area contributed by atoms with E-state index in [1.807, 2.05) is 13.8 Å². The smallest absolute Gasteiger partial charge is 0.394 e. The molecular weight excluding hydrogens is 283 g/mol. The van der Waals surface area contributed by atoms with Crippen LogP contribution in [0.4, 0.5) is 13.2 Å². The summed E-state index contributed by atoms with van der Waals surface area (Å²) in [5.41, 5.74) is 0. The molecule has 1 radical (unpaired) electrons. The van der Waals surface area contributed by atoms with Crippen molar-refractivity contribution in [2.24, 2.45) is 0 Å². The van der Waals surface area contributed by atoms with Crippen LogP contribution in [0.3, 0.4) is 0 Å². The fraction of sp³-hybridized carbons (Fsp3) is 0.900. The van der Waals surface area contributed by atoms with E-state index in [0.717, 1.165) is 7.11 Å². The summed E-state index contributed by atoms with van der Waals surface area (Å²) < 4.78 is 47.3. The van der Waals surface area contributed by atoms with Crippen molar-refractivity contribution in [1.82, 2.24) is 5.06 Å². The van der Waals surface area contributed by atoms with E-state index in [4.69, 9.17) is 8.85 Å². The Balaban J connectivity index is 4.17. The van der Waals surface area contributed by atoms with Gasteiger partial charge in [-0.1, -0.05) is 0 Å². The van der Waals surface area contributed by atoms with E-state index >= 15 is 0 Å². The van der Waals surface area contributed by atoms with Gasteiger partial charge in [0.15, 0.2) is 0 Å². The summed E-state index contributed by atoms with van der Waals surface area (Å²) in [4.78, 5) is 15.4. The van der Waals surface area contributed by atoms with Gasteiger partial charge in [0.25, 0.3) is 0 Å². The molecule has 0 aromatic heterocycles. The highest BCUT2D eigenvalue weighted by molar-refractivity contribution is 6.44. The van der Waals surface area contributed by atoms with Crippen molar-refractivity contribution in [1.29, 1.82) is 0 Å². The molecule has 0 spiro atoms. The molecule has 5 nitrogen and oxygen atoms in total. The van der Waals surface area contributed by atoms with Crippen LogP contribution in [-0.4, -0.2) is 53.3 Å². The first-order chi connectivity index (χ1) is 8.86. The zero-order valence-corrected chi connectivity index (χ0v) is 12.2. The second-order valence-corrected chi connectivity index (χ2v) is 5.25. The van der Waals surface area contributed by atoms with Crippen LogP contribution in [0, 0.1) is 0 Å². The van der Waals surface area contributed by atoms with Crippen molar-refractivity contribution in [3.05, 3.63) is 0 Å². The zero-order valence-electron chi connectivity index (χ0n) is 11.2. The first kappa shape index (κ1) is 18.4. The topological polar surface area (TPSA) is 48.0 Å². The average Bonchev–Trinajstić information content (AvgIpc) is 2.33. The van der Waals surface area contributed by atoms with Gasteiger partial charge < -0.3 is 8.85 Å². The number of hydrogen-bond acceptors (Lipinski definition) is 4. The summed E-state index contributed by atoms with van der Waals surface area (Å²) >= 11 is 0. The lowest BCUT2D eigenvalue weighted by atomic mass is 10.4. The van der Waals surface area contributed by atoms with Gasteiger partial charge in [0.05, 0.1) is 7.11 Å². The summed E-state index contributed by atoms with van der Waals surface area (Å²) in [7, 11) is -0.457. The summed E-state index contributed by atoms with van der Waals surface area (Å²) in [6.45, 7) is 4.47. The molecule has 0 aliphatic heterocycles. The number of halogens is 3. The minimum atomic E-state index is -4.93. The molecule has 0 saturated heterocycles. The van der Waals surface area contributed by atoms with E-state index < -0.39 is 21.4 Å². The number of alkyl halides is 3. The summed E-state index contributed by atoms with van der Waals surface area (Å²) in [6.07, 6.45) is -4.60. The Kier molecular flexibility index (Phi) is 8.98. The third-order valence-corrected chi connectivity index (χ3v) is 4.03. The van der Waals surface area contributed by atoms with E-state index in [9.17, 15) is 18.0 Å². The van der Waals surface area contributed by atoms with Gasteiger partial charge in [-0.2, -0.15) is 13.2 Å². The molecule has 113 valence electrons. The van der Waals surface area contributed by atoms with Gasteiger partial charge in [-0.15, -0.1) is 0 Å². The quantitative estimate of drug-likeness (QED) is 0.482. The van der Waals surface area contributed by atoms with Gasteiger partial charge in [-0.05, 0) is 26.3 Å². The Morgan fingerprint density at radius 3 is 2.11 bits per heavy atom. The van der Waals surface area contributed by atoms with Gasteiger partial charge in [-0.3, -0.25) is 9.63 Å². The van der Waals surface area contributed by atoms with E-state index in [1.54, 1.807) is 0 Å². The summed E-state index contributed by atoms with van der Waals surface area (Å²) in [5, 5.41) is 0.303. The van der Waals surface area contributed by atoms with Crippen LogP contribution in [0.15, 0.2) is 0 Å². The van der Waals surface area contributed by atoms with Crippen LogP contribution in [0.25, 0.3) is 0 Å². The van der Waals surface area contributed by atoms with Crippen molar-refractivity contribution in [3.63, 3.8) is 0 Å². The third kappa shape index (κ3) is 7.50. The first-order valence-corrected chi connectivity index (χ1v) is 7.43. The molecule has 0 aliphatic carbocycles. The SMILES string of the molecule is CCO[Si](CCCN(OC)C(=O)C(F)(F)F)OCC. The van der Waals surface area contributed by atoms with Crippen molar-refractivity contribution >= 4 is 15.2 Å². The maximum absolute atomic E-state index is 12.2. The standard InChI is InChI=1S/C10H19F3NO4Si/c1-4-17-19(18-5-2)8-6-7-14(16-3)9(15)10(11,12)13/h4-8H2,1-3H3. The number of amides is 1. The minimum Gasteiger partial charge on any atom is -0.394 e. The van der Waals surface area contributed by atoms with Crippen molar-refractivity contribution < 1.29 is 31.7 Å². The van der Waals surface area contributed by atoms with E-state index in [-0.39, 0.29) is 6.54 Å². The monoisotopic (exact) mass is 302 g/mol. The Morgan fingerprint density at radius 1 is 1.21 bits per heavy atom. The first-order valence-electron chi connectivity index (χ1n) is 5.91. The second-order valence-electron chi connectivity index (χ2n) is 3.43. The van der Waals surface area contributed by atoms with Crippen LogP contribution in [-0.2, 0) is 18.5 Å². The molecule has 0 bridgehead atoms. The highest BCUT2D eigenvalue weighted by Crippen LogP contribution is 2.19. The fourth-order valence-corrected chi connectivity index (χ4v) is 2.75. The summed E-state index contributed by atoms with van der Waals surface area (Å²) in [6, 6.07) is 0.483. The highest BCUT2D eigenvalue weighted by Gasteiger charge is 2.43. The largest absolute Gasteiger partial charge is 0.473 e. The van der Waals surface area contributed by atoms with Crippen molar-refractivity contribution in [2.45, 2.75) is 32.5 Å². The highest BCUT2D eigenvalue weighted by atomic mass is 28.3. The Labute approximate surface area is 112 Å². The second kappa shape index (κ2) is 9.29. The third-order valence-electron chi connectivity index (χ3n) is 2.04. The fourth-order valence-electron chi connectivity index (χ4n) is 1.29. The maximum Gasteiger partial charge on any atom is 0.473 e. The number of rotatable bonds is 9. The van der Waals surface area contributed by atoms with Crippen molar-refractivity contribution in [3.8, 4) is 0 Å². The molecule has 0 aromatic carbocycles. The molecule has 0 atom stereocenters.